The Morgan fingerprint density at radius 1 is 1.25 bits per heavy atom. The van der Waals surface area contributed by atoms with Crippen molar-refractivity contribution in [3.63, 3.8) is 0 Å². The molecule has 0 radical (unpaired) electrons. The van der Waals surface area contributed by atoms with E-state index in [0.717, 1.165) is 5.56 Å². The Hall–Kier alpha value is -1.32. The van der Waals surface area contributed by atoms with Gasteiger partial charge in [-0.1, -0.05) is 11.6 Å². The highest BCUT2D eigenvalue weighted by molar-refractivity contribution is 6.30. The van der Waals surface area contributed by atoms with Crippen LogP contribution < -0.4 is 4.74 Å². The number of ether oxygens (including phenoxy) is 1. The van der Waals surface area contributed by atoms with Gasteiger partial charge in [0.2, 0.25) is 5.88 Å². The van der Waals surface area contributed by atoms with Gasteiger partial charge in [-0.05, 0) is 11.6 Å². The number of alkyl halides is 1. The summed E-state index contributed by atoms with van der Waals surface area (Å²) in [5, 5.41) is 0.519. The molecule has 0 aliphatic rings. The number of hydrogen-bond acceptors (Lipinski definition) is 3. The number of halogens is 2. The van der Waals surface area contributed by atoms with Crippen LogP contribution >= 0.6 is 23.2 Å². The zero-order valence-corrected chi connectivity index (χ0v) is 9.74. The molecule has 2 aromatic rings. The molecule has 0 unspecified atom stereocenters. The molecule has 0 aliphatic heterocycles. The molecule has 2 aromatic heterocycles. The second-order valence-electron chi connectivity index (χ2n) is 3.08. The summed E-state index contributed by atoms with van der Waals surface area (Å²) in [4.78, 5) is 7.97. The summed E-state index contributed by atoms with van der Waals surface area (Å²) in [5.41, 5.74) is 0.946. The van der Waals surface area contributed by atoms with Crippen molar-refractivity contribution in [3.8, 4) is 11.6 Å². The van der Waals surface area contributed by atoms with E-state index in [1.54, 1.807) is 24.5 Å². The van der Waals surface area contributed by atoms with Crippen LogP contribution in [0.4, 0.5) is 0 Å². The van der Waals surface area contributed by atoms with Gasteiger partial charge in [0.25, 0.3) is 0 Å². The maximum absolute atomic E-state index is 5.79. The van der Waals surface area contributed by atoms with E-state index >= 15 is 0 Å². The lowest BCUT2D eigenvalue weighted by molar-refractivity contribution is 0.460. The largest absolute Gasteiger partial charge is 0.437 e. The number of rotatable bonds is 3. The van der Waals surface area contributed by atoms with E-state index in [2.05, 4.69) is 9.97 Å². The van der Waals surface area contributed by atoms with Gasteiger partial charge in [0.15, 0.2) is 0 Å². The fourth-order valence-corrected chi connectivity index (χ4v) is 1.49. The van der Waals surface area contributed by atoms with Crippen LogP contribution in [0.1, 0.15) is 5.56 Å². The Morgan fingerprint density at radius 2 is 2.12 bits per heavy atom. The van der Waals surface area contributed by atoms with E-state index in [0.29, 0.717) is 22.5 Å². The zero-order chi connectivity index (χ0) is 11.4. The predicted octanol–water partition coefficient (Wildman–Crippen LogP) is 3.66. The number of pyridine rings is 2. The molecule has 2 heterocycles. The van der Waals surface area contributed by atoms with Gasteiger partial charge in [-0.15, -0.1) is 11.6 Å². The van der Waals surface area contributed by atoms with Crippen LogP contribution in [0.5, 0.6) is 11.6 Å². The molecule has 0 bridgehead atoms. The molecule has 0 saturated heterocycles. The highest BCUT2D eigenvalue weighted by Crippen LogP contribution is 2.22. The van der Waals surface area contributed by atoms with Crippen molar-refractivity contribution in [2.45, 2.75) is 5.88 Å². The third-order valence-corrected chi connectivity index (χ3v) is 2.37. The normalized spacial score (nSPS) is 10.1. The fraction of sp³-hybridized carbons (Fsp3) is 0.0909. The molecule has 0 fully saturated rings. The van der Waals surface area contributed by atoms with Crippen molar-refractivity contribution in [2.75, 3.05) is 0 Å². The van der Waals surface area contributed by atoms with Crippen LogP contribution in [0.2, 0.25) is 5.02 Å². The van der Waals surface area contributed by atoms with Crippen molar-refractivity contribution in [3.05, 3.63) is 47.4 Å². The van der Waals surface area contributed by atoms with E-state index in [4.69, 9.17) is 27.9 Å². The van der Waals surface area contributed by atoms with Crippen molar-refractivity contribution >= 4 is 23.2 Å². The van der Waals surface area contributed by atoms with Crippen LogP contribution in [0.3, 0.4) is 0 Å². The minimum atomic E-state index is 0.423. The van der Waals surface area contributed by atoms with E-state index in [1.165, 1.54) is 6.20 Å². The predicted molar refractivity (Wildman–Crippen MR) is 63.1 cm³/mol. The summed E-state index contributed by atoms with van der Waals surface area (Å²) in [6, 6.07) is 5.27. The monoisotopic (exact) mass is 254 g/mol. The first-order valence-electron chi connectivity index (χ1n) is 4.57. The maximum Gasteiger partial charge on any atom is 0.219 e. The van der Waals surface area contributed by atoms with Gasteiger partial charge in [0.05, 0.1) is 11.2 Å². The van der Waals surface area contributed by atoms with Gasteiger partial charge in [0, 0.05) is 30.4 Å². The lowest BCUT2D eigenvalue weighted by Gasteiger charge is -2.04. The van der Waals surface area contributed by atoms with Gasteiger partial charge >= 0.3 is 0 Å². The molecular formula is C11H8Cl2N2O. The summed E-state index contributed by atoms with van der Waals surface area (Å²) < 4.78 is 5.48. The molecule has 2 rings (SSSR count). The van der Waals surface area contributed by atoms with Crippen LogP contribution in [-0.2, 0) is 5.88 Å². The van der Waals surface area contributed by atoms with Gasteiger partial charge in [-0.3, -0.25) is 4.98 Å². The lowest BCUT2D eigenvalue weighted by Crippen LogP contribution is -1.89. The molecule has 5 heteroatoms. The molecule has 0 spiro atoms. The number of aromatic nitrogens is 2. The molecule has 0 aromatic carbocycles. The van der Waals surface area contributed by atoms with E-state index in [-0.39, 0.29) is 0 Å². The topological polar surface area (TPSA) is 35.0 Å². The third kappa shape index (κ3) is 2.84. The Morgan fingerprint density at radius 3 is 2.88 bits per heavy atom. The van der Waals surface area contributed by atoms with E-state index in [9.17, 15) is 0 Å². The first-order chi connectivity index (χ1) is 7.78. The van der Waals surface area contributed by atoms with Gasteiger partial charge in [0.1, 0.15) is 5.75 Å². The molecule has 0 aliphatic carbocycles. The first-order valence-corrected chi connectivity index (χ1v) is 5.48. The van der Waals surface area contributed by atoms with Gasteiger partial charge in [-0.25, -0.2) is 4.98 Å². The minimum Gasteiger partial charge on any atom is -0.437 e. The molecule has 0 N–H and O–H groups in total. The van der Waals surface area contributed by atoms with Crippen LogP contribution in [0.25, 0.3) is 0 Å². The van der Waals surface area contributed by atoms with Crippen molar-refractivity contribution in [1.29, 1.82) is 0 Å². The average molecular weight is 255 g/mol. The average Bonchev–Trinajstić information content (AvgIpc) is 2.29. The lowest BCUT2D eigenvalue weighted by atomic mass is 10.3. The standard InChI is InChI=1S/C11H8Cl2N2O/c12-5-8-1-2-15-11(3-8)16-10-4-9(13)6-14-7-10/h1-4,6-7H,5H2. The summed E-state index contributed by atoms with van der Waals surface area (Å²) in [6.45, 7) is 0. The second-order valence-corrected chi connectivity index (χ2v) is 3.78. The fourth-order valence-electron chi connectivity index (χ4n) is 1.16. The maximum atomic E-state index is 5.79. The molecule has 0 amide bonds. The Balaban J connectivity index is 2.20. The molecule has 16 heavy (non-hydrogen) atoms. The number of nitrogens with zero attached hydrogens (tertiary/aromatic N) is 2. The molecule has 0 saturated carbocycles. The smallest absolute Gasteiger partial charge is 0.219 e. The van der Waals surface area contributed by atoms with Crippen LogP contribution in [0, 0.1) is 0 Å². The minimum absolute atomic E-state index is 0.423. The molecular weight excluding hydrogens is 247 g/mol. The number of hydrogen-bond donors (Lipinski definition) is 0. The van der Waals surface area contributed by atoms with Crippen molar-refractivity contribution < 1.29 is 4.74 Å². The van der Waals surface area contributed by atoms with E-state index < -0.39 is 0 Å². The van der Waals surface area contributed by atoms with E-state index in [1.807, 2.05) is 6.07 Å². The SMILES string of the molecule is ClCc1ccnc(Oc2cncc(Cl)c2)c1. The highest BCUT2D eigenvalue weighted by Gasteiger charge is 2.01. The van der Waals surface area contributed by atoms with Crippen LogP contribution in [0.15, 0.2) is 36.8 Å². The highest BCUT2D eigenvalue weighted by atomic mass is 35.5. The zero-order valence-electron chi connectivity index (χ0n) is 8.23. The Bertz CT molecular complexity index is 491. The second kappa shape index (κ2) is 5.14. The summed E-state index contributed by atoms with van der Waals surface area (Å²) in [6.07, 6.45) is 4.75. The third-order valence-electron chi connectivity index (χ3n) is 1.86. The van der Waals surface area contributed by atoms with Gasteiger partial charge < -0.3 is 4.74 Å². The Labute approximate surface area is 103 Å². The first kappa shape index (κ1) is 11.2. The summed E-state index contributed by atoms with van der Waals surface area (Å²) >= 11 is 11.5. The quantitative estimate of drug-likeness (QED) is 0.785. The molecule has 3 nitrogen and oxygen atoms in total. The molecule has 82 valence electrons. The molecule has 0 atom stereocenters. The summed E-state index contributed by atoms with van der Waals surface area (Å²) in [5.74, 6) is 1.45. The van der Waals surface area contributed by atoms with Crippen molar-refractivity contribution in [1.82, 2.24) is 9.97 Å². The van der Waals surface area contributed by atoms with Crippen molar-refractivity contribution in [2.24, 2.45) is 0 Å². The summed E-state index contributed by atoms with van der Waals surface area (Å²) in [7, 11) is 0. The van der Waals surface area contributed by atoms with Gasteiger partial charge in [-0.2, -0.15) is 0 Å². The van der Waals surface area contributed by atoms with Crippen LogP contribution in [-0.4, -0.2) is 9.97 Å². The Kier molecular flexibility index (Phi) is 3.59.